The SMILES string of the molecule is CCOC(=O)CC(C)=NNc1ccccc1[N+](=O)[O-]. The van der Waals surface area contributed by atoms with Crippen LogP contribution < -0.4 is 5.43 Å². The first kappa shape index (κ1) is 14.6. The molecule has 0 unspecified atom stereocenters. The number of ether oxygens (including phenoxy) is 1. The normalized spacial score (nSPS) is 10.9. The first-order chi connectivity index (χ1) is 9.04. The fourth-order valence-corrected chi connectivity index (χ4v) is 1.34. The Morgan fingerprint density at radius 1 is 1.47 bits per heavy atom. The highest BCUT2D eigenvalue weighted by atomic mass is 16.6. The number of para-hydroxylation sites is 2. The molecule has 0 fully saturated rings. The molecule has 0 aliphatic carbocycles. The third-order valence-electron chi connectivity index (χ3n) is 2.17. The van der Waals surface area contributed by atoms with Gasteiger partial charge < -0.3 is 4.74 Å². The monoisotopic (exact) mass is 265 g/mol. The van der Waals surface area contributed by atoms with Crippen molar-refractivity contribution in [2.45, 2.75) is 20.3 Å². The summed E-state index contributed by atoms with van der Waals surface area (Å²) in [6.07, 6.45) is 0.0431. The van der Waals surface area contributed by atoms with Crippen molar-refractivity contribution in [2.24, 2.45) is 5.10 Å². The minimum Gasteiger partial charge on any atom is -0.466 e. The van der Waals surface area contributed by atoms with Crippen LogP contribution in [0, 0.1) is 10.1 Å². The lowest BCUT2D eigenvalue weighted by Gasteiger charge is -2.04. The van der Waals surface area contributed by atoms with Crippen LogP contribution in [0.15, 0.2) is 29.4 Å². The molecule has 0 amide bonds. The largest absolute Gasteiger partial charge is 0.466 e. The topological polar surface area (TPSA) is 93.8 Å². The van der Waals surface area contributed by atoms with E-state index in [4.69, 9.17) is 4.74 Å². The number of nitro groups is 1. The smallest absolute Gasteiger partial charge is 0.311 e. The van der Waals surface area contributed by atoms with Gasteiger partial charge in [0.2, 0.25) is 0 Å². The highest BCUT2D eigenvalue weighted by Gasteiger charge is 2.11. The fourth-order valence-electron chi connectivity index (χ4n) is 1.34. The third-order valence-corrected chi connectivity index (χ3v) is 2.17. The summed E-state index contributed by atoms with van der Waals surface area (Å²) in [5.41, 5.74) is 3.26. The van der Waals surface area contributed by atoms with Crippen LogP contribution in [-0.2, 0) is 9.53 Å². The molecule has 1 N–H and O–H groups in total. The Morgan fingerprint density at radius 3 is 2.79 bits per heavy atom. The van der Waals surface area contributed by atoms with Crippen LogP contribution in [0.5, 0.6) is 0 Å². The summed E-state index contributed by atoms with van der Waals surface area (Å²) in [6, 6.07) is 6.14. The molecule has 0 aliphatic heterocycles. The van der Waals surface area contributed by atoms with E-state index in [0.717, 1.165) is 0 Å². The van der Waals surface area contributed by atoms with Crippen molar-refractivity contribution >= 4 is 23.1 Å². The molecule has 0 bridgehead atoms. The molecule has 0 aliphatic rings. The number of nitrogens with one attached hydrogen (secondary N) is 1. The zero-order valence-electron chi connectivity index (χ0n) is 10.8. The number of hydrazone groups is 1. The predicted molar refractivity (Wildman–Crippen MR) is 71.1 cm³/mol. The van der Waals surface area contributed by atoms with Crippen LogP contribution in [0.3, 0.4) is 0 Å². The first-order valence-electron chi connectivity index (χ1n) is 5.72. The molecule has 0 saturated carbocycles. The van der Waals surface area contributed by atoms with Crippen molar-refractivity contribution in [3.63, 3.8) is 0 Å². The number of esters is 1. The zero-order chi connectivity index (χ0) is 14.3. The van der Waals surface area contributed by atoms with Gasteiger partial charge in [0.1, 0.15) is 5.69 Å². The number of carbonyl (C=O) groups excluding carboxylic acids is 1. The molecule has 0 spiro atoms. The van der Waals surface area contributed by atoms with Gasteiger partial charge in [-0.3, -0.25) is 20.3 Å². The van der Waals surface area contributed by atoms with Crippen molar-refractivity contribution in [2.75, 3.05) is 12.0 Å². The standard InChI is InChI=1S/C12H15N3O4/c1-3-19-12(16)8-9(2)13-14-10-6-4-5-7-11(10)15(17)18/h4-7,14H,3,8H2,1-2H3. The van der Waals surface area contributed by atoms with Crippen LogP contribution in [0.4, 0.5) is 11.4 Å². The Labute approximate surface area is 110 Å². The molecule has 0 aromatic heterocycles. The number of hydrogen-bond acceptors (Lipinski definition) is 6. The highest BCUT2D eigenvalue weighted by molar-refractivity contribution is 5.97. The average molecular weight is 265 g/mol. The Bertz CT molecular complexity index is 500. The maximum atomic E-state index is 11.2. The molecule has 1 aromatic rings. The van der Waals surface area contributed by atoms with Gasteiger partial charge in [0.15, 0.2) is 0 Å². The summed E-state index contributed by atoms with van der Waals surface area (Å²) in [6.45, 7) is 3.67. The lowest BCUT2D eigenvalue weighted by Crippen LogP contribution is -2.10. The molecular weight excluding hydrogens is 250 g/mol. The number of anilines is 1. The van der Waals surface area contributed by atoms with Crippen LogP contribution in [-0.4, -0.2) is 23.2 Å². The second kappa shape index (κ2) is 7.10. The molecule has 0 atom stereocenters. The van der Waals surface area contributed by atoms with E-state index in [1.165, 1.54) is 6.07 Å². The number of rotatable bonds is 6. The molecule has 7 heteroatoms. The second-order valence-electron chi connectivity index (χ2n) is 3.71. The van der Waals surface area contributed by atoms with Crippen LogP contribution >= 0.6 is 0 Å². The van der Waals surface area contributed by atoms with Crippen molar-refractivity contribution in [3.05, 3.63) is 34.4 Å². The summed E-state index contributed by atoms with van der Waals surface area (Å²) >= 11 is 0. The molecule has 0 radical (unpaired) electrons. The van der Waals surface area contributed by atoms with Gasteiger partial charge in [-0.05, 0) is 19.9 Å². The van der Waals surface area contributed by atoms with Crippen LogP contribution in [0.2, 0.25) is 0 Å². The predicted octanol–water partition coefficient (Wildman–Crippen LogP) is 2.34. The van der Waals surface area contributed by atoms with E-state index in [-0.39, 0.29) is 23.8 Å². The summed E-state index contributed by atoms with van der Waals surface area (Å²) < 4.78 is 4.77. The second-order valence-corrected chi connectivity index (χ2v) is 3.71. The Balaban J connectivity index is 2.70. The number of nitrogens with zero attached hydrogens (tertiary/aromatic N) is 2. The van der Waals surface area contributed by atoms with Crippen molar-refractivity contribution in [1.82, 2.24) is 0 Å². The molecule has 19 heavy (non-hydrogen) atoms. The highest BCUT2D eigenvalue weighted by Crippen LogP contribution is 2.22. The van der Waals surface area contributed by atoms with Gasteiger partial charge >= 0.3 is 5.97 Å². The quantitative estimate of drug-likeness (QED) is 0.368. The van der Waals surface area contributed by atoms with Gasteiger partial charge in [0, 0.05) is 11.8 Å². The molecule has 0 heterocycles. The maximum Gasteiger partial charge on any atom is 0.311 e. The minimum absolute atomic E-state index is 0.0431. The number of carbonyl (C=O) groups is 1. The number of hydrogen-bond donors (Lipinski definition) is 1. The molecule has 7 nitrogen and oxygen atoms in total. The van der Waals surface area contributed by atoms with Crippen LogP contribution in [0.25, 0.3) is 0 Å². The van der Waals surface area contributed by atoms with Gasteiger partial charge in [-0.25, -0.2) is 0 Å². The fraction of sp³-hybridized carbons (Fsp3) is 0.333. The van der Waals surface area contributed by atoms with Gasteiger partial charge in [0.05, 0.1) is 18.0 Å². The number of nitro benzene ring substituents is 1. The molecule has 1 aromatic carbocycles. The van der Waals surface area contributed by atoms with E-state index in [9.17, 15) is 14.9 Å². The summed E-state index contributed by atoms with van der Waals surface area (Å²) in [5.74, 6) is -0.381. The Morgan fingerprint density at radius 2 is 2.16 bits per heavy atom. The lowest BCUT2D eigenvalue weighted by atomic mass is 10.3. The molecule has 1 rings (SSSR count). The van der Waals surface area contributed by atoms with Gasteiger partial charge in [-0.1, -0.05) is 12.1 Å². The van der Waals surface area contributed by atoms with Crippen molar-refractivity contribution in [1.29, 1.82) is 0 Å². The van der Waals surface area contributed by atoms with Crippen molar-refractivity contribution < 1.29 is 14.5 Å². The Hall–Kier alpha value is -2.44. The number of benzene rings is 1. The van der Waals surface area contributed by atoms with E-state index in [2.05, 4.69) is 10.5 Å². The third kappa shape index (κ3) is 4.74. The van der Waals surface area contributed by atoms with Gasteiger partial charge in [-0.15, -0.1) is 0 Å². The summed E-state index contributed by atoms with van der Waals surface area (Å²) in [5, 5.41) is 14.7. The van der Waals surface area contributed by atoms with E-state index < -0.39 is 4.92 Å². The van der Waals surface area contributed by atoms with Crippen molar-refractivity contribution in [3.8, 4) is 0 Å². The molecule has 102 valence electrons. The molecular formula is C12H15N3O4. The van der Waals surface area contributed by atoms with Crippen LogP contribution in [0.1, 0.15) is 20.3 Å². The summed E-state index contributed by atoms with van der Waals surface area (Å²) in [4.78, 5) is 21.5. The van der Waals surface area contributed by atoms with E-state index in [1.54, 1.807) is 32.0 Å². The zero-order valence-corrected chi connectivity index (χ0v) is 10.8. The van der Waals surface area contributed by atoms with Gasteiger partial charge in [-0.2, -0.15) is 5.10 Å². The van der Waals surface area contributed by atoms with E-state index in [0.29, 0.717) is 12.3 Å². The Kier molecular flexibility index (Phi) is 5.46. The average Bonchev–Trinajstić information content (AvgIpc) is 2.36. The van der Waals surface area contributed by atoms with E-state index >= 15 is 0 Å². The maximum absolute atomic E-state index is 11.2. The molecule has 0 saturated heterocycles. The van der Waals surface area contributed by atoms with E-state index in [1.807, 2.05) is 0 Å². The summed E-state index contributed by atoms with van der Waals surface area (Å²) in [7, 11) is 0. The lowest BCUT2D eigenvalue weighted by molar-refractivity contribution is -0.384. The minimum atomic E-state index is -0.501. The first-order valence-corrected chi connectivity index (χ1v) is 5.72. The van der Waals surface area contributed by atoms with Gasteiger partial charge in [0.25, 0.3) is 5.69 Å².